The van der Waals surface area contributed by atoms with Gasteiger partial charge in [-0.3, -0.25) is 4.99 Å². The molecule has 0 amide bonds. The average Bonchev–Trinajstić information content (AvgIpc) is 3.36. The summed E-state index contributed by atoms with van der Waals surface area (Å²) in [5.41, 5.74) is 3.76. The van der Waals surface area contributed by atoms with Crippen LogP contribution in [0.4, 0.5) is 0 Å². The Morgan fingerprint density at radius 2 is 2.15 bits per heavy atom. The van der Waals surface area contributed by atoms with E-state index in [-0.39, 0.29) is 0 Å². The molecular weight excluding hydrogens is 344 g/mol. The molecule has 2 N–H and O–H groups in total. The van der Waals surface area contributed by atoms with Gasteiger partial charge >= 0.3 is 0 Å². The van der Waals surface area contributed by atoms with Gasteiger partial charge in [0.2, 0.25) is 0 Å². The van der Waals surface area contributed by atoms with Crippen LogP contribution in [0.2, 0.25) is 0 Å². The number of aromatic nitrogens is 3. The largest absolute Gasteiger partial charge is 0.356 e. The second-order valence-corrected chi connectivity index (χ2v) is 6.96. The molecule has 1 unspecified atom stereocenters. The molecule has 2 aromatic heterocycles. The summed E-state index contributed by atoms with van der Waals surface area (Å²) in [6, 6.07) is 10.6. The number of aliphatic imine (C=N–C) groups is 1. The molecule has 0 fully saturated rings. The highest BCUT2D eigenvalue weighted by Crippen LogP contribution is 2.17. The lowest BCUT2D eigenvalue weighted by Gasteiger charge is -2.15. The van der Waals surface area contributed by atoms with Gasteiger partial charge in [-0.15, -0.1) is 0 Å². The summed E-state index contributed by atoms with van der Waals surface area (Å²) in [7, 11) is 1.80. The third-order valence-corrected chi connectivity index (χ3v) is 4.88. The van der Waals surface area contributed by atoms with Crippen molar-refractivity contribution in [2.24, 2.45) is 4.99 Å². The SMILES string of the molecule is CN=C(NCc1cccc(Cn2cncn2)c1)NCC(C)c1ccsc1. The Hall–Kier alpha value is -2.67. The third-order valence-electron chi connectivity index (χ3n) is 4.17. The van der Waals surface area contributed by atoms with Crippen LogP contribution in [0.3, 0.4) is 0 Å². The van der Waals surface area contributed by atoms with Crippen LogP contribution < -0.4 is 10.6 Å². The van der Waals surface area contributed by atoms with Crippen LogP contribution in [0.5, 0.6) is 0 Å². The molecular formula is C19H24N6S. The molecule has 3 rings (SSSR count). The van der Waals surface area contributed by atoms with Crippen LogP contribution in [-0.2, 0) is 13.1 Å². The quantitative estimate of drug-likeness (QED) is 0.497. The summed E-state index contributed by atoms with van der Waals surface area (Å²) in [6.45, 7) is 4.51. The Morgan fingerprint density at radius 3 is 2.88 bits per heavy atom. The molecule has 6 nitrogen and oxygen atoms in total. The number of nitrogens with one attached hydrogen (secondary N) is 2. The normalized spacial score (nSPS) is 12.8. The number of benzene rings is 1. The molecule has 0 bridgehead atoms. The molecule has 0 aliphatic heterocycles. The van der Waals surface area contributed by atoms with Crippen molar-refractivity contribution in [1.82, 2.24) is 25.4 Å². The van der Waals surface area contributed by atoms with Gasteiger partial charge in [-0.2, -0.15) is 16.4 Å². The first-order chi connectivity index (χ1) is 12.7. The van der Waals surface area contributed by atoms with Gasteiger partial charge in [-0.1, -0.05) is 31.2 Å². The maximum atomic E-state index is 4.31. The Bertz CT molecular complexity index is 810. The molecule has 0 radical (unpaired) electrons. The number of hydrogen-bond donors (Lipinski definition) is 2. The van der Waals surface area contributed by atoms with Crippen molar-refractivity contribution in [1.29, 1.82) is 0 Å². The highest BCUT2D eigenvalue weighted by Gasteiger charge is 2.07. The number of thiophene rings is 1. The zero-order chi connectivity index (χ0) is 18.2. The van der Waals surface area contributed by atoms with E-state index in [1.54, 1.807) is 31.0 Å². The molecule has 26 heavy (non-hydrogen) atoms. The molecule has 136 valence electrons. The number of guanidine groups is 1. The first-order valence-electron chi connectivity index (χ1n) is 8.61. The minimum atomic E-state index is 0.450. The molecule has 2 heterocycles. The Labute approximate surface area is 158 Å². The lowest BCUT2D eigenvalue weighted by atomic mass is 10.1. The molecule has 0 saturated heterocycles. The van der Waals surface area contributed by atoms with E-state index in [4.69, 9.17) is 0 Å². The first kappa shape index (κ1) is 18.1. The summed E-state index contributed by atoms with van der Waals surface area (Å²) in [5.74, 6) is 1.26. The van der Waals surface area contributed by atoms with Crippen molar-refractivity contribution in [3.8, 4) is 0 Å². The molecule has 0 aliphatic carbocycles. The zero-order valence-electron chi connectivity index (χ0n) is 15.1. The minimum absolute atomic E-state index is 0.450. The van der Waals surface area contributed by atoms with Crippen molar-refractivity contribution >= 4 is 17.3 Å². The summed E-state index contributed by atoms with van der Waals surface area (Å²) in [4.78, 5) is 8.29. The Kier molecular flexibility index (Phi) is 6.38. The molecule has 0 aliphatic rings. The number of hydrogen-bond acceptors (Lipinski definition) is 4. The second kappa shape index (κ2) is 9.15. The summed E-state index contributed by atoms with van der Waals surface area (Å²) < 4.78 is 1.82. The van der Waals surface area contributed by atoms with Crippen LogP contribution in [-0.4, -0.2) is 34.3 Å². The van der Waals surface area contributed by atoms with E-state index in [2.05, 4.69) is 73.7 Å². The molecule has 3 aromatic rings. The highest BCUT2D eigenvalue weighted by molar-refractivity contribution is 7.07. The van der Waals surface area contributed by atoms with Gasteiger partial charge in [0.1, 0.15) is 12.7 Å². The monoisotopic (exact) mass is 368 g/mol. The van der Waals surface area contributed by atoms with Crippen molar-refractivity contribution in [2.45, 2.75) is 25.9 Å². The van der Waals surface area contributed by atoms with Crippen molar-refractivity contribution in [2.75, 3.05) is 13.6 Å². The molecule has 0 saturated carbocycles. The van der Waals surface area contributed by atoms with Crippen LogP contribution in [0.15, 0.2) is 58.7 Å². The topological polar surface area (TPSA) is 67.1 Å². The van der Waals surface area contributed by atoms with E-state index in [1.807, 2.05) is 4.68 Å². The standard InChI is InChI=1S/C19H24N6S/c1-15(18-6-7-26-12-18)9-22-19(20-2)23-10-16-4-3-5-17(8-16)11-25-14-21-13-24-25/h3-8,12-15H,9-11H2,1-2H3,(H2,20,22,23). The highest BCUT2D eigenvalue weighted by atomic mass is 32.1. The lowest BCUT2D eigenvalue weighted by molar-refractivity contribution is 0.683. The van der Waals surface area contributed by atoms with Crippen molar-refractivity contribution < 1.29 is 0 Å². The van der Waals surface area contributed by atoms with Crippen molar-refractivity contribution in [3.05, 3.63) is 70.4 Å². The predicted octanol–water partition coefficient (Wildman–Crippen LogP) is 2.86. The fraction of sp³-hybridized carbons (Fsp3) is 0.316. The van der Waals surface area contributed by atoms with Crippen LogP contribution in [0.25, 0.3) is 0 Å². The van der Waals surface area contributed by atoms with Crippen LogP contribution in [0, 0.1) is 0 Å². The smallest absolute Gasteiger partial charge is 0.191 e. The van der Waals surface area contributed by atoms with E-state index in [1.165, 1.54) is 16.7 Å². The molecule has 0 spiro atoms. The Balaban J connectivity index is 1.50. The maximum Gasteiger partial charge on any atom is 0.191 e. The van der Waals surface area contributed by atoms with Gasteiger partial charge in [0, 0.05) is 20.1 Å². The summed E-state index contributed by atoms with van der Waals surface area (Å²) in [5, 5.41) is 15.2. The van der Waals surface area contributed by atoms with Gasteiger partial charge in [0.15, 0.2) is 5.96 Å². The zero-order valence-corrected chi connectivity index (χ0v) is 15.9. The number of nitrogens with zero attached hydrogens (tertiary/aromatic N) is 4. The summed E-state index contributed by atoms with van der Waals surface area (Å²) >= 11 is 1.73. The van der Waals surface area contributed by atoms with Gasteiger partial charge < -0.3 is 10.6 Å². The van der Waals surface area contributed by atoms with E-state index >= 15 is 0 Å². The van der Waals surface area contributed by atoms with E-state index < -0.39 is 0 Å². The van der Waals surface area contributed by atoms with Gasteiger partial charge in [-0.25, -0.2) is 9.67 Å². The first-order valence-corrected chi connectivity index (χ1v) is 9.55. The molecule has 1 atom stereocenters. The second-order valence-electron chi connectivity index (χ2n) is 6.18. The van der Waals surface area contributed by atoms with Crippen LogP contribution in [0.1, 0.15) is 29.5 Å². The lowest BCUT2D eigenvalue weighted by Crippen LogP contribution is -2.38. The third kappa shape index (κ3) is 5.16. The van der Waals surface area contributed by atoms with Gasteiger partial charge in [0.05, 0.1) is 6.54 Å². The molecule has 7 heteroatoms. The van der Waals surface area contributed by atoms with Gasteiger partial charge in [0.25, 0.3) is 0 Å². The van der Waals surface area contributed by atoms with E-state index in [9.17, 15) is 0 Å². The summed E-state index contributed by atoms with van der Waals surface area (Å²) in [6.07, 6.45) is 3.28. The predicted molar refractivity (Wildman–Crippen MR) is 107 cm³/mol. The van der Waals surface area contributed by atoms with Gasteiger partial charge in [-0.05, 0) is 39.4 Å². The van der Waals surface area contributed by atoms with E-state index in [0.29, 0.717) is 5.92 Å². The average molecular weight is 369 g/mol. The maximum absolute atomic E-state index is 4.31. The Morgan fingerprint density at radius 1 is 1.27 bits per heavy atom. The molecule has 1 aromatic carbocycles. The van der Waals surface area contributed by atoms with Crippen LogP contribution >= 0.6 is 11.3 Å². The van der Waals surface area contributed by atoms with Crippen molar-refractivity contribution in [3.63, 3.8) is 0 Å². The van der Waals surface area contributed by atoms with E-state index in [0.717, 1.165) is 25.6 Å². The minimum Gasteiger partial charge on any atom is -0.356 e. The number of rotatable bonds is 7. The fourth-order valence-corrected chi connectivity index (χ4v) is 3.45. The fourth-order valence-electron chi connectivity index (χ4n) is 2.67.